The Morgan fingerprint density at radius 1 is 0.466 bits per heavy atom. The van der Waals surface area contributed by atoms with E-state index in [1.165, 1.54) is 85.1 Å². The summed E-state index contributed by atoms with van der Waals surface area (Å²) in [5.74, 6) is 0.981. The van der Waals surface area contributed by atoms with Gasteiger partial charge in [0, 0.05) is 156 Å². The van der Waals surface area contributed by atoms with E-state index >= 15 is 0 Å². The number of ether oxygens (including phenoxy) is 6. The van der Waals surface area contributed by atoms with Crippen molar-refractivity contribution in [1.29, 1.82) is 0 Å². The summed E-state index contributed by atoms with van der Waals surface area (Å²) in [6.07, 6.45) is -2.47. The van der Waals surface area contributed by atoms with Crippen LogP contribution in [0.3, 0.4) is 0 Å². The molecule has 0 atom stereocenters. The third-order valence-corrected chi connectivity index (χ3v) is 16.7. The van der Waals surface area contributed by atoms with Crippen LogP contribution in [0.25, 0.3) is 0 Å². The number of methoxy groups -OCH3 is 3. The second-order valence-electron chi connectivity index (χ2n) is 25.8. The number of non-ortho nitro benzene ring substituents is 2. The summed E-state index contributed by atoms with van der Waals surface area (Å²) < 4.78 is 100. The molecule has 0 unspecified atom stereocenters. The molecule has 0 amide bonds. The molecule has 0 radical (unpaired) electrons. The minimum atomic E-state index is -4.76. The summed E-state index contributed by atoms with van der Waals surface area (Å²) >= 11 is 5.74. The highest BCUT2D eigenvalue weighted by Gasteiger charge is 2.32. The van der Waals surface area contributed by atoms with Crippen LogP contribution >= 0.6 is 11.6 Å². The van der Waals surface area contributed by atoms with Crippen LogP contribution in [0.15, 0.2) is 194 Å². The van der Waals surface area contributed by atoms with Crippen molar-refractivity contribution < 1.29 is 93.4 Å². The van der Waals surface area contributed by atoms with Gasteiger partial charge in [-0.1, -0.05) is 74.2 Å². The lowest BCUT2D eigenvalue weighted by atomic mass is 10.0. The number of benzene rings is 8. The molecule has 33 heteroatoms. The smallest absolute Gasteiger partial charge is 0.428 e. The van der Waals surface area contributed by atoms with Gasteiger partial charge in [0.15, 0.2) is 17.3 Å². The van der Waals surface area contributed by atoms with Gasteiger partial charge in [-0.2, -0.15) is 4.98 Å². The maximum atomic E-state index is 12.6. The number of nitrogens with one attached hydrogen (secondary N) is 3. The molecule has 0 aliphatic carbocycles. The fraction of sp³-hybridized carbons (Fsp3) is 0.271. The summed E-state index contributed by atoms with van der Waals surface area (Å²) in [4.78, 5) is 108. The first-order valence-electron chi connectivity index (χ1n) is 35.9. The van der Waals surface area contributed by atoms with Gasteiger partial charge in [0.1, 0.15) is 40.5 Å². The van der Waals surface area contributed by atoms with Gasteiger partial charge in [-0.15, -0.1) is 26.3 Å². The first-order valence-corrected chi connectivity index (χ1v) is 36.2. The lowest BCUT2D eigenvalue weighted by Gasteiger charge is -2.11. The number of Topliss-reactive ketones (excluding diaryl/α,β-unsaturated/α-hetero) is 5. The van der Waals surface area contributed by atoms with E-state index in [9.17, 15) is 75.3 Å². The molecule has 10 rings (SSSR count). The molecule has 0 aliphatic heterocycles. The molecule has 0 fully saturated rings. The van der Waals surface area contributed by atoms with Gasteiger partial charge in [0.05, 0.1) is 15.9 Å². The maximum absolute atomic E-state index is 12.6. The topological polar surface area (TPSA) is 358 Å². The zero-order valence-electron chi connectivity index (χ0n) is 64.7. The van der Waals surface area contributed by atoms with Crippen molar-refractivity contribution in [3.05, 3.63) is 281 Å². The molecular weight excluding hydrogens is 1570 g/mol. The minimum Gasteiger partial charge on any atom is -0.428 e. The zero-order chi connectivity index (χ0) is 85.6. The predicted molar refractivity (Wildman–Crippen MR) is 435 cm³/mol. The number of nitrogens with zero attached hydrogens (tertiary/aromatic N) is 6. The molecule has 2 aromatic heterocycles. The standard InChI is InChI=1S/C32H31F3N4O4.C20H15ClF3N3O2.C12H15NO4.C12H17NO2.C8H7NO4.CH4/c1-21-5-10-25(20-28(21)29(41)4-3-17-42-2)38-31-36-16-15-30(39-31)37-24-11-6-22(7-12-24)18-26(40)19-23-8-13-27(14-9-23)43-32(33,34)35;21-19-25-10-9-18(27-19)26-15-5-1-13(2-6-15)11-16(28)12-14-3-7-17(8-4-14)29-20(22,23)24;1-9-5-6-10(13(15)16)8-11(9)12(14)4-3-7-17-2;1-9-5-6-10(13)8-11(9)12(14)4-3-7-15-2;1-6-2-3-7(9(11)12)4-8(6)13-5-10;/h5-16,20H,3-4,17-19H2,1-2H3,(H2,36,37,38,39);1-10H,11-12H2,(H,25,26,27);5-6,8H,3-4,7H2,1-2H3;5-6,8H,3-4,7,13H2,1-2H3;2-5H,1H3;1H4. The number of carbonyl (C=O) groups is 6. The Balaban J connectivity index is 0.000000285. The van der Waals surface area contributed by atoms with Crippen molar-refractivity contribution in [3.8, 4) is 17.2 Å². The Morgan fingerprint density at radius 2 is 0.831 bits per heavy atom. The van der Waals surface area contributed by atoms with Gasteiger partial charge >= 0.3 is 12.7 Å². The highest BCUT2D eigenvalue weighted by Crippen LogP contribution is 2.29. The highest BCUT2D eigenvalue weighted by atomic mass is 35.5. The largest absolute Gasteiger partial charge is 0.573 e. The summed E-state index contributed by atoms with van der Waals surface area (Å²) in [5, 5.41) is 30.5. The second kappa shape index (κ2) is 48.5. The molecule has 5 N–H and O–H groups in total. The van der Waals surface area contributed by atoms with Crippen molar-refractivity contribution in [1.82, 2.24) is 19.9 Å². The molecule has 118 heavy (non-hydrogen) atoms. The van der Waals surface area contributed by atoms with E-state index in [1.54, 1.807) is 77.8 Å². The van der Waals surface area contributed by atoms with E-state index in [-0.39, 0.29) is 102 Å². The number of aryl methyl sites for hydroxylation is 4. The van der Waals surface area contributed by atoms with Crippen molar-refractivity contribution in [2.45, 2.75) is 112 Å². The third-order valence-electron chi connectivity index (χ3n) is 16.6. The van der Waals surface area contributed by atoms with E-state index in [4.69, 9.17) is 31.5 Å². The first-order chi connectivity index (χ1) is 55.7. The van der Waals surface area contributed by atoms with Crippen LogP contribution in [0.5, 0.6) is 17.2 Å². The normalized spacial score (nSPS) is 10.6. The number of nitrogens with two attached hydrogens (primary N) is 1. The van der Waals surface area contributed by atoms with E-state index in [2.05, 4.69) is 50.1 Å². The lowest BCUT2D eigenvalue weighted by Crippen LogP contribution is -2.17. The Morgan fingerprint density at radius 3 is 1.24 bits per heavy atom. The van der Waals surface area contributed by atoms with Gasteiger partial charge in [0.2, 0.25) is 11.2 Å². The van der Waals surface area contributed by atoms with Crippen LogP contribution < -0.4 is 35.9 Å². The van der Waals surface area contributed by atoms with Gasteiger partial charge in [-0.3, -0.25) is 49.0 Å². The monoisotopic (exact) mass is 1650 g/mol. The number of rotatable bonds is 35. The number of anilines is 7. The average molecular weight is 1660 g/mol. The minimum absolute atomic E-state index is 0. The molecule has 0 saturated carbocycles. The van der Waals surface area contributed by atoms with E-state index in [0.29, 0.717) is 109 Å². The van der Waals surface area contributed by atoms with Gasteiger partial charge in [0.25, 0.3) is 17.8 Å². The van der Waals surface area contributed by atoms with Crippen LogP contribution in [-0.2, 0) is 54.3 Å². The fourth-order valence-corrected chi connectivity index (χ4v) is 10.9. The highest BCUT2D eigenvalue weighted by molar-refractivity contribution is 6.28. The van der Waals surface area contributed by atoms with E-state index in [0.717, 1.165) is 51.2 Å². The molecule has 0 saturated heterocycles. The van der Waals surface area contributed by atoms with E-state index < -0.39 is 22.6 Å². The van der Waals surface area contributed by atoms with Crippen molar-refractivity contribution in [2.24, 2.45) is 0 Å². The number of hydrogen-bond donors (Lipinski definition) is 4. The number of carbonyl (C=O) groups excluding carboxylic acids is 6. The Kier molecular flexibility index (Phi) is 39.3. The van der Waals surface area contributed by atoms with Crippen molar-refractivity contribution >= 4 is 98.7 Å². The van der Waals surface area contributed by atoms with Gasteiger partial charge in [-0.25, -0.2) is 15.0 Å². The molecule has 0 spiro atoms. The van der Waals surface area contributed by atoms with Crippen LogP contribution in [0.1, 0.15) is 122 Å². The Bertz CT molecular complexity index is 4970. The summed E-state index contributed by atoms with van der Waals surface area (Å²) in [6.45, 7) is 9.19. The molecule has 26 nitrogen and oxygen atoms in total. The van der Waals surface area contributed by atoms with E-state index in [1.807, 2.05) is 80.6 Å². The molecule has 8 aromatic carbocycles. The lowest BCUT2D eigenvalue weighted by molar-refractivity contribution is -0.385. The van der Waals surface area contributed by atoms with Crippen LogP contribution in [0.4, 0.5) is 78.1 Å². The SMILES string of the molecule is C.COCCCC(=O)c1cc(N)ccc1C.COCCCC(=O)c1cc(Nc2nccc(Nc3ccc(CC(=O)Cc4ccc(OC(F)(F)F)cc4)cc3)n2)ccc1C.COCCCC(=O)c1cc([N+](=O)[O-])ccc1C.Cc1ccc([N+](=O)[O-])cc1OC=O.O=C(Cc1ccc(Nc2ccnc(Cl)n2)cc1)Cc1ccc(OC(F)(F)F)cc1. The molecule has 624 valence electrons. The van der Waals surface area contributed by atoms with Crippen LogP contribution in [0.2, 0.25) is 5.28 Å². The number of aromatic nitrogens is 4. The average Bonchev–Trinajstić information content (AvgIpc) is 0.838. The van der Waals surface area contributed by atoms with Gasteiger partial charge < -0.3 is 50.1 Å². The number of alkyl halides is 6. The number of nitro benzene ring substituents is 2. The van der Waals surface area contributed by atoms with Crippen LogP contribution in [-0.4, -0.2) is 119 Å². The molecule has 0 aliphatic rings. The van der Waals surface area contributed by atoms with Crippen molar-refractivity contribution in [3.63, 3.8) is 0 Å². The number of hydrogen-bond acceptors (Lipinski definition) is 24. The number of halogens is 7. The second-order valence-corrected chi connectivity index (χ2v) is 26.1. The third kappa shape index (κ3) is 35.0. The number of nitro groups is 2. The summed E-state index contributed by atoms with van der Waals surface area (Å²) in [6, 6.07) is 47.8. The zero-order valence-corrected chi connectivity index (χ0v) is 65.4. The fourth-order valence-electron chi connectivity index (χ4n) is 10.8. The molecule has 2 heterocycles. The first kappa shape index (κ1) is 95.7. The quantitative estimate of drug-likeness (QED) is 0.00419. The molecular formula is C85H89ClF6N10O16. The maximum Gasteiger partial charge on any atom is 0.573 e. The molecule has 0 bridgehead atoms. The number of nitrogen functional groups attached to an aromatic ring is 1. The molecule has 10 aromatic rings. The summed E-state index contributed by atoms with van der Waals surface area (Å²) in [7, 11) is 4.82. The Labute approximate surface area is 682 Å². The Hall–Kier alpha value is -12.9. The van der Waals surface area contributed by atoms with Crippen LogP contribution in [0, 0.1) is 47.9 Å². The predicted octanol–water partition coefficient (Wildman–Crippen LogP) is 19.0. The number of ketones is 5. The summed E-state index contributed by atoms with van der Waals surface area (Å²) in [5.41, 5.74) is 16.3. The van der Waals surface area contributed by atoms with Crippen molar-refractivity contribution in [2.75, 3.05) is 62.8 Å². The van der Waals surface area contributed by atoms with Gasteiger partial charge in [-0.05, 0) is 194 Å².